The maximum Gasteiger partial charge on any atom is 0.259 e. The van der Waals surface area contributed by atoms with Crippen LogP contribution in [0.2, 0.25) is 0 Å². The number of hydrogen-bond donors (Lipinski definition) is 1. The van der Waals surface area contributed by atoms with E-state index in [-0.39, 0.29) is 23.2 Å². The number of halogens is 3. The first-order chi connectivity index (χ1) is 9.99. The summed E-state index contributed by atoms with van der Waals surface area (Å²) < 4.78 is 28.1. The van der Waals surface area contributed by atoms with Crippen LogP contribution < -0.4 is 0 Å². The predicted octanol–water partition coefficient (Wildman–Crippen LogP) is 3.37. The highest BCUT2D eigenvalue weighted by Crippen LogP contribution is 2.34. The molecule has 0 saturated carbocycles. The Morgan fingerprint density at radius 2 is 1.95 bits per heavy atom. The van der Waals surface area contributed by atoms with E-state index >= 15 is 0 Å². The summed E-state index contributed by atoms with van der Waals surface area (Å²) in [6.45, 7) is -0.132. The molecule has 3 rings (SSSR count). The van der Waals surface area contributed by atoms with Gasteiger partial charge in [-0.1, -0.05) is 34.1 Å². The minimum Gasteiger partial charge on any atom is -0.369 e. The normalized spacial score (nSPS) is 17.2. The molecule has 0 spiro atoms. The minimum atomic E-state index is -1.27. The fourth-order valence-corrected chi connectivity index (χ4v) is 2.73. The summed E-state index contributed by atoms with van der Waals surface area (Å²) in [6.07, 6.45) is -1.27. The molecule has 1 unspecified atom stereocenters. The van der Waals surface area contributed by atoms with Crippen LogP contribution in [0.4, 0.5) is 8.78 Å². The van der Waals surface area contributed by atoms with Crippen molar-refractivity contribution in [2.24, 2.45) is 0 Å². The van der Waals surface area contributed by atoms with E-state index in [9.17, 15) is 18.7 Å². The van der Waals surface area contributed by atoms with Crippen molar-refractivity contribution >= 4 is 21.8 Å². The number of benzene rings is 2. The fraction of sp³-hybridized carbons (Fsp3) is 0.133. The van der Waals surface area contributed by atoms with Crippen LogP contribution in [0.25, 0.3) is 0 Å². The maximum absolute atomic E-state index is 13.8. The standard InChI is InChI=1S/C15H10BrF2NO2/c16-9-5-4-8(12(18)6-9)7-19-14(20)10-2-1-3-11(17)13(10)15(19)21/h1-6,14,20H,7H2. The molecule has 0 fully saturated rings. The zero-order valence-electron chi connectivity index (χ0n) is 10.7. The number of aliphatic hydroxyl groups is 1. The number of carbonyl (C=O) groups is 1. The lowest BCUT2D eigenvalue weighted by Gasteiger charge is -2.21. The van der Waals surface area contributed by atoms with Crippen LogP contribution in [0.5, 0.6) is 0 Å². The van der Waals surface area contributed by atoms with Gasteiger partial charge in [0.1, 0.15) is 11.6 Å². The summed E-state index contributed by atoms with van der Waals surface area (Å²) in [7, 11) is 0. The average molecular weight is 354 g/mol. The highest BCUT2D eigenvalue weighted by Gasteiger charge is 2.37. The van der Waals surface area contributed by atoms with E-state index in [1.807, 2.05) is 0 Å². The van der Waals surface area contributed by atoms with Gasteiger partial charge >= 0.3 is 0 Å². The van der Waals surface area contributed by atoms with E-state index in [4.69, 9.17) is 0 Å². The molecule has 21 heavy (non-hydrogen) atoms. The van der Waals surface area contributed by atoms with E-state index in [1.165, 1.54) is 24.3 Å². The Labute approximate surface area is 127 Å². The number of aliphatic hydroxyl groups excluding tert-OH is 1. The highest BCUT2D eigenvalue weighted by molar-refractivity contribution is 9.10. The summed E-state index contributed by atoms with van der Waals surface area (Å²) in [5, 5.41) is 10.1. The largest absolute Gasteiger partial charge is 0.369 e. The van der Waals surface area contributed by atoms with Crippen molar-refractivity contribution in [1.29, 1.82) is 0 Å². The molecular weight excluding hydrogens is 344 g/mol. The van der Waals surface area contributed by atoms with Crippen LogP contribution in [-0.2, 0) is 6.54 Å². The van der Waals surface area contributed by atoms with Crippen LogP contribution >= 0.6 is 15.9 Å². The topological polar surface area (TPSA) is 40.5 Å². The summed E-state index contributed by atoms with van der Waals surface area (Å²) in [6, 6.07) is 8.49. The van der Waals surface area contributed by atoms with E-state index < -0.39 is 23.8 Å². The van der Waals surface area contributed by atoms with Gasteiger partial charge in [0.05, 0.1) is 12.1 Å². The van der Waals surface area contributed by atoms with Crippen molar-refractivity contribution in [2.75, 3.05) is 0 Å². The average Bonchev–Trinajstić information content (AvgIpc) is 2.68. The molecule has 0 radical (unpaired) electrons. The molecule has 1 aliphatic heterocycles. The van der Waals surface area contributed by atoms with Crippen LogP contribution in [0.15, 0.2) is 40.9 Å². The molecule has 2 aromatic rings. The molecule has 0 aromatic heterocycles. The number of fused-ring (bicyclic) bond motifs is 1. The van der Waals surface area contributed by atoms with Gasteiger partial charge < -0.3 is 10.0 Å². The SMILES string of the molecule is O=C1c2c(F)cccc2C(O)N1Cc1ccc(Br)cc1F. The first-order valence-corrected chi connectivity index (χ1v) is 6.99. The van der Waals surface area contributed by atoms with Crippen LogP contribution in [0.3, 0.4) is 0 Å². The van der Waals surface area contributed by atoms with Gasteiger partial charge in [-0.25, -0.2) is 8.78 Å². The molecular formula is C15H10BrF2NO2. The summed E-state index contributed by atoms with van der Waals surface area (Å²) in [5.41, 5.74) is 0.304. The lowest BCUT2D eigenvalue weighted by Crippen LogP contribution is -2.28. The lowest BCUT2D eigenvalue weighted by molar-refractivity contribution is 0.0133. The number of hydrogen-bond acceptors (Lipinski definition) is 2. The van der Waals surface area contributed by atoms with Gasteiger partial charge in [-0.05, 0) is 18.2 Å². The first-order valence-electron chi connectivity index (χ1n) is 6.20. The molecule has 6 heteroatoms. The summed E-state index contributed by atoms with van der Waals surface area (Å²) in [4.78, 5) is 13.2. The molecule has 3 nitrogen and oxygen atoms in total. The Morgan fingerprint density at radius 1 is 1.19 bits per heavy atom. The molecule has 1 amide bonds. The zero-order chi connectivity index (χ0) is 15.1. The van der Waals surface area contributed by atoms with Crippen molar-refractivity contribution in [2.45, 2.75) is 12.8 Å². The lowest BCUT2D eigenvalue weighted by atomic mass is 10.1. The minimum absolute atomic E-state index is 0.132. The number of amides is 1. The summed E-state index contributed by atoms with van der Waals surface area (Å²) >= 11 is 3.15. The highest BCUT2D eigenvalue weighted by atomic mass is 79.9. The van der Waals surface area contributed by atoms with Crippen LogP contribution in [0, 0.1) is 11.6 Å². The van der Waals surface area contributed by atoms with Gasteiger partial charge in [0, 0.05) is 15.6 Å². The van der Waals surface area contributed by atoms with Crippen LogP contribution in [-0.4, -0.2) is 15.9 Å². The van der Waals surface area contributed by atoms with E-state index in [0.717, 1.165) is 11.0 Å². The van der Waals surface area contributed by atoms with Gasteiger partial charge in [-0.15, -0.1) is 0 Å². The Bertz CT molecular complexity index is 736. The Kier molecular flexibility index (Phi) is 3.51. The van der Waals surface area contributed by atoms with Crippen LogP contribution in [0.1, 0.15) is 27.7 Å². The zero-order valence-corrected chi connectivity index (χ0v) is 12.3. The third kappa shape index (κ3) is 2.34. The molecule has 1 atom stereocenters. The van der Waals surface area contributed by atoms with Gasteiger partial charge in [0.2, 0.25) is 0 Å². The van der Waals surface area contributed by atoms with Crippen molar-refractivity contribution in [1.82, 2.24) is 4.90 Å². The molecule has 0 bridgehead atoms. The Hall–Kier alpha value is -1.79. The Balaban J connectivity index is 1.95. The third-order valence-electron chi connectivity index (χ3n) is 3.45. The molecule has 1 N–H and O–H groups in total. The first kappa shape index (κ1) is 14.2. The van der Waals surface area contributed by atoms with Gasteiger partial charge in [0.25, 0.3) is 5.91 Å². The maximum atomic E-state index is 13.8. The quantitative estimate of drug-likeness (QED) is 0.899. The Morgan fingerprint density at radius 3 is 2.62 bits per heavy atom. The predicted molar refractivity (Wildman–Crippen MR) is 75.3 cm³/mol. The third-order valence-corrected chi connectivity index (χ3v) is 3.94. The second kappa shape index (κ2) is 5.20. The summed E-state index contributed by atoms with van der Waals surface area (Å²) in [5.74, 6) is -1.82. The van der Waals surface area contributed by atoms with Crippen molar-refractivity contribution in [3.8, 4) is 0 Å². The van der Waals surface area contributed by atoms with E-state index in [2.05, 4.69) is 15.9 Å². The number of nitrogens with zero attached hydrogens (tertiary/aromatic N) is 1. The van der Waals surface area contributed by atoms with Crippen molar-refractivity contribution in [3.05, 3.63) is 69.2 Å². The molecule has 0 saturated heterocycles. The molecule has 0 aliphatic carbocycles. The number of rotatable bonds is 2. The molecule has 1 aliphatic rings. The van der Waals surface area contributed by atoms with Gasteiger partial charge in [-0.3, -0.25) is 4.79 Å². The van der Waals surface area contributed by atoms with Crippen molar-refractivity contribution < 1.29 is 18.7 Å². The molecule has 108 valence electrons. The van der Waals surface area contributed by atoms with Gasteiger partial charge in [0.15, 0.2) is 6.23 Å². The van der Waals surface area contributed by atoms with Crippen molar-refractivity contribution in [3.63, 3.8) is 0 Å². The second-order valence-electron chi connectivity index (χ2n) is 4.75. The molecule has 1 heterocycles. The van der Waals surface area contributed by atoms with E-state index in [1.54, 1.807) is 6.07 Å². The molecule has 2 aromatic carbocycles. The monoisotopic (exact) mass is 353 g/mol. The number of carbonyl (C=O) groups excluding carboxylic acids is 1. The van der Waals surface area contributed by atoms with Gasteiger partial charge in [-0.2, -0.15) is 0 Å². The second-order valence-corrected chi connectivity index (χ2v) is 5.66. The fourth-order valence-electron chi connectivity index (χ4n) is 2.40. The van der Waals surface area contributed by atoms with E-state index in [0.29, 0.717) is 4.47 Å². The smallest absolute Gasteiger partial charge is 0.259 e.